The molecule has 1 amide bonds. The van der Waals surface area contributed by atoms with Crippen molar-refractivity contribution in [3.8, 4) is 11.4 Å². The van der Waals surface area contributed by atoms with Gasteiger partial charge in [0.05, 0.1) is 5.41 Å². The molecule has 6 heteroatoms. The molecule has 1 heterocycles. The van der Waals surface area contributed by atoms with E-state index in [9.17, 15) is 4.79 Å². The van der Waals surface area contributed by atoms with E-state index in [0.717, 1.165) is 42.4 Å². The Morgan fingerprint density at radius 1 is 1.00 bits per heavy atom. The zero-order valence-electron chi connectivity index (χ0n) is 15.9. The van der Waals surface area contributed by atoms with E-state index in [2.05, 4.69) is 40.0 Å². The van der Waals surface area contributed by atoms with Crippen molar-refractivity contribution in [2.24, 2.45) is 0 Å². The van der Waals surface area contributed by atoms with Crippen LogP contribution >= 0.6 is 0 Å². The maximum atomic E-state index is 13.3. The minimum Gasteiger partial charge on any atom is -0.313 e. The summed E-state index contributed by atoms with van der Waals surface area (Å²) in [6, 6.07) is 17.9. The highest BCUT2D eigenvalue weighted by Gasteiger charge is 2.42. The molecule has 0 unspecified atom stereocenters. The standard InChI is InChI=1S/C22H24N4O2/c1-16-10-6-7-13-18(16)22(14-8-3-9-15-22)20(27)24-25-21-23-19(26-28-21)17-11-4-2-5-12-17/h2,4-7,10-13H,3,8-9,14-15H2,1H3,(H,24,27)(H,23,25,26). The van der Waals surface area contributed by atoms with Gasteiger partial charge in [0.25, 0.3) is 0 Å². The number of benzene rings is 2. The highest BCUT2D eigenvalue weighted by atomic mass is 16.5. The fourth-order valence-corrected chi connectivity index (χ4v) is 4.09. The molecule has 1 saturated carbocycles. The normalized spacial score (nSPS) is 15.8. The zero-order chi connectivity index (χ0) is 19.4. The summed E-state index contributed by atoms with van der Waals surface area (Å²) in [5.74, 6) is 0.421. The molecule has 3 aromatic rings. The van der Waals surface area contributed by atoms with Crippen LogP contribution in [0.5, 0.6) is 0 Å². The molecular weight excluding hydrogens is 352 g/mol. The average molecular weight is 376 g/mol. The van der Waals surface area contributed by atoms with Gasteiger partial charge in [0.15, 0.2) is 0 Å². The predicted molar refractivity (Wildman–Crippen MR) is 107 cm³/mol. The number of anilines is 1. The summed E-state index contributed by atoms with van der Waals surface area (Å²) < 4.78 is 5.23. The molecule has 2 N–H and O–H groups in total. The van der Waals surface area contributed by atoms with Gasteiger partial charge < -0.3 is 4.52 Å². The van der Waals surface area contributed by atoms with Crippen LogP contribution in [0, 0.1) is 6.92 Å². The lowest BCUT2D eigenvalue weighted by molar-refractivity contribution is -0.127. The number of nitrogens with one attached hydrogen (secondary N) is 2. The topological polar surface area (TPSA) is 80.0 Å². The second-order valence-corrected chi connectivity index (χ2v) is 7.33. The number of hydrogen-bond acceptors (Lipinski definition) is 5. The smallest absolute Gasteiger partial charge is 0.313 e. The number of hydrazine groups is 1. The summed E-state index contributed by atoms with van der Waals surface area (Å²) in [5, 5.41) is 3.97. The summed E-state index contributed by atoms with van der Waals surface area (Å²) in [6.07, 6.45) is 4.92. The zero-order valence-corrected chi connectivity index (χ0v) is 15.9. The molecule has 1 aliphatic carbocycles. The van der Waals surface area contributed by atoms with Gasteiger partial charge in [0.1, 0.15) is 0 Å². The Hall–Kier alpha value is -3.15. The lowest BCUT2D eigenvalue weighted by Gasteiger charge is -2.37. The molecule has 0 aliphatic heterocycles. The molecule has 0 spiro atoms. The minimum absolute atomic E-state index is 0.0547. The Labute approximate surface area is 164 Å². The molecule has 4 rings (SSSR count). The van der Waals surface area contributed by atoms with Crippen LogP contribution in [0.2, 0.25) is 0 Å². The second kappa shape index (κ2) is 7.84. The first kappa shape index (κ1) is 18.2. The van der Waals surface area contributed by atoms with Gasteiger partial charge in [-0.1, -0.05) is 79.0 Å². The number of aromatic nitrogens is 2. The van der Waals surface area contributed by atoms with E-state index in [1.165, 1.54) is 6.42 Å². The van der Waals surface area contributed by atoms with Gasteiger partial charge in [-0.05, 0) is 30.9 Å². The fraction of sp³-hybridized carbons (Fsp3) is 0.318. The van der Waals surface area contributed by atoms with Crippen molar-refractivity contribution in [2.75, 3.05) is 5.43 Å². The Bertz CT molecular complexity index is 946. The number of carbonyl (C=O) groups excluding carboxylic acids is 1. The van der Waals surface area contributed by atoms with Gasteiger partial charge >= 0.3 is 6.01 Å². The van der Waals surface area contributed by atoms with Crippen molar-refractivity contribution in [1.82, 2.24) is 15.6 Å². The largest absolute Gasteiger partial charge is 0.340 e. The number of carbonyl (C=O) groups is 1. The molecule has 0 saturated heterocycles. The summed E-state index contributed by atoms with van der Waals surface area (Å²) >= 11 is 0. The van der Waals surface area contributed by atoms with Gasteiger partial charge in [-0.25, -0.2) is 5.43 Å². The van der Waals surface area contributed by atoms with Gasteiger partial charge in [-0.15, -0.1) is 0 Å². The monoisotopic (exact) mass is 376 g/mol. The minimum atomic E-state index is -0.529. The highest BCUT2D eigenvalue weighted by molar-refractivity contribution is 5.89. The molecule has 0 radical (unpaired) electrons. The number of aryl methyl sites for hydroxylation is 1. The molecule has 0 atom stereocenters. The van der Waals surface area contributed by atoms with Gasteiger partial charge in [-0.3, -0.25) is 10.2 Å². The molecule has 0 bridgehead atoms. The van der Waals surface area contributed by atoms with E-state index < -0.39 is 5.41 Å². The molecule has 28 heavy (non-hydrogen) atoms. The van der Waals surface area contributed by atoms with E-state index in [1.54, 1.807) is 0 Å². The van der Waals surface area contributed by atoms with Crippen LogP contribution in [0.4, 0.5) is 6.01 Å². The van der Waals surface area contributed by atoms with Crippen molar-refractivity contribution in [3.63, 3.8) is 0 Å². The van der Waals surface area contributed by atoms with E-state index in [-0.39, 0.29) is 11.9 Å². The summed E-state index contributed by atoms with van der Waals surface area (Å²) in [7, 11) is 0. The highest BCUT2D eigenvalue weighted by Crippen LogP contribution is 2.41. The molecule has 1 fully saturated rings. The van der Waals surface area contributed by atoms with Crippen molar-refractivity contribution < 1.29 is 9.32 Å². The average Bonchev–Trinajstić information content (AvgIpc) is 3.22. The number of amides is 1. The summed E-state index contributed by atoms with van der Waals surface area (Å²) in [4.78, 5) is 17.6. The van der Waals surface area contributed by atoms with Crippen LogP contribution in [0.15, 0.2) is 59.1 Å². The third-order valence-corrected chi connectivity index (χ3v) is 5.54. The van der Waals surface area contributed by atoms with Crippen LogP contribution < -0.4 is 10.9 Å². The van der Waals surface area contributed by atoms with E-state index in [4.69, 9.17) is 4.52 Å². The lowest BCUT2D eigenvalue weighted by Crippen LogP contribution is -2.48. The van der Waals surface area contributed by atoms with Crippen molar-refractivity contribution >= 4 is 11.9 Å². The molecule has 144 valence electrons. The molecule has 2 aromatic carbocycles. The van der Waals surface area contributed by atoms with Crippen LogP contribution in [-0.4, -0.2) is 16.0 Å². The van der Waals surface area contributed by atoms with Gasteiger partial charge in [0, 0.05) is 5.56 Å². The molecule has 1 aliphatic rings. The first-order valence-electron chi connectivity index (χ1n) is 9.71. The maximum absolute atomic E-state index is 13.3. The molecule has 1 aromatic heterocycles. The maximum Gasteiger partial charge on any atom is 0.340 e. The lowest BCUT2D eigenvalue weighted by atomic mass is 9.67. The van der Waals surface area contributed by atoms with E-state index in [0.29, 0.717) is 5.82 Å². The number of rotatable bonds is 5. The van der Waals surface area contributed by atoms with Crippen molar-refractivity contribution in [1.29, 1.82) is 0 Å². The SMILES string of the molecule is Cc1ccccc1C1(C(=O)NNc2nc(-c3ccccc3)no2)CCCCC1. The quantitative estimate of drug-likeness (QED) is 0.646. The van der Waals surface area contributed by atoms with Crippen LogP contribution in [0.1, 0.15) is 43.2 Å². The molecule has 6 nitrogen and oxygen atoms in total. The van der Waals surface area contributed by atoms with Gasteiger partial charge in [0.2, 0.25) is 11.7 Å². The third-order valence-electron chi connectivity index (χ3n) is 5.54. The predicted octanol–water partition coefficient (Wildman–Crippen LogP) is 4.39. The third kappa shape index (κ3) is 3.50. The Morgan fingerprint density at radius 2 is 1.71 bits per heavy atom. The van der Waals surface area contributed by atoms with E-state index in [1.807, 2.05) is 42.5 Å². The Balaban J connectivity index is 1.51. The fourth-order valence-electron chi connectivity index (χ4n) is 4.09. The van der Waals surface area contributed by atoms with E-state index >= 15 is 0 Å². The van der Waals surface area contributed by atoms with Crippen molar-refractivity contribution in [2.45, 2.75) is 44.4 Å². The number of hydrogen-bond donors (Lipinski definition) is 2. The van der Waals surface area contributed by atoms with Gasteiger partial charge in [-0.2, -0.15) is 4.98 Å². The summed E-state index contributed by atoms with van der Waals surface area (Å²) in [5.41, 5.74) is 8.19. The number of nitrogens with zero attached hydrogens (tertiary/aromatic N) is 2. The Morgan fingerprint density at radius 3 is 2.46 bits per heavy atom. The van der Waals surface area contributed by atoms with Crippen molar-refractivity contribution in [3.05, 3.63) is 65.7 Å². The first-order chi connectivity index (χ1) is 13.7. The Kier molecular flexibility index (Phi) is 5.10. The van der Waals surface area contributed by atoms with Crippen LogP contribution in [-0.2, 0) is 10.2 Å². The molecular formula is C22H24N4O2. The first-order valence-corrected chi connectivity index (χ1v) is 9.71. The second-order valence-electron chi connectivity index (χ2n) is 7.33. The van der Waals surface area contributed by atoms with Crippen LogP contribution in [0.25, 0.3) is 11.4 Å². The summed E-state index contributed by atoms with van der Waals surface area (Å²) in [6.45, 7) is 2.07. The van der Waals surface area contributed by atoms with Crippen LogP contribution in [0.3, 0.4) is 0 Å².